The number of hydrogen-bond acceptors (Lipinski definition) is 5. The van der Waals surface area contributed by atoms with Crippen molar-refractivity contribution in [2.45, 2.75) is 6.92 Å². The number of benzene rings is 2. The number of nitrogens with zero attached hydrogens (tertiary/aromatic N) is 3. The molecule has 0 aliphatic carbocycles. The van der Waals surface area contributed by atoms with Crippen molar-refractivity contribution < 1.29 is 4.79 Å². The highest BCUT2D eigenvalue weighted by Crippen LogP contribution is 2.30. The highest BCUT2D eigenvalue weighted by molar-refractivity contribution is 7.15. The van der Waals surface area contributed by atoms with Crippen molar-refractivity contribution in [1.29, 1.82) is 0 Å². The Morgan fingerprint density at radius 2 is 1.85 bits per heavy atom. The largest absolute Gasteiger partial charge is 0.296 e. The van der Waals surface area contributed by atoms with Gasteiger partial charge in [-0.25, -0.2) is 4.98 Å². The molecule has 0 atom stereocenters. The number of hydrogen-bond donors (Lipinski definition) is 1. The molecule has 0 saturated heterocycles. The van der Waals surface area contributed by atoms with E-state index >= 15 is 0 Å². The smallest absolute Gasteiger partial charge is 0.258 e. The number of carbonyl (C=O) groups is 1. The zero-order chi connectivity index (χ0) is 19.0. The van der Waals surface area contributed by atoms with Gasteiger partial charge in [-0.05, 0) is 31.2 Å². The molecule has 0 aliphatic rings. The second kappa shape index (κ2) is 7.23. The molecule has 4 rings (SSSR count). The molecule has 5 nitrogen and oxygen atoms in total. The number of carbonyl (C=O) groups excluding carboxylic acids is 1. The summed E-state index contributed by atoms with van der Waals surface area (Å²) in [5.74, 6) is -0.272. The number of amides is 1. The van der Waals surface area contributed by atoms with Crippen LogP contribution in [-0.4, -0.2) is 21.1 Å². The van der Waals surface area contributed by atoms with Crippen LogP contribution in [0.2, 0.25) is 10.0 Å². The fourth-order valence-corrected chi connectivity index (χ4v) is 3.56. The van der Waals surface area contributed by atoms with E-state index in [1.165, 1.54) is 11.3 Å². The lowest BCUT2D eigenvalue weighted by Gasteiger charge is -2.10. The predicted octanol–water partition coefficient (Wildman–Crippen LogP) is 5.62. The molecule has 2 aromatic heterocycles. The quantitative estimate of drug-likeness (QED) is 0.472. The normalized spacial score (nSPS) is 10.9. The SMILES string of the molecule is Cc1nnc(NC(=O)c2cc(-c3ccc(Cl)c(Cl)c3)nc3ccccc23)s1. The summed E-state index contributed by atoms with van der Waals surface area (Å²) in [4.78, 5) is 17.6. The summed E-state index contributed by atoms with van der Waals surface area (Å²) in [5.41, 5.74) is 2.61. The summed E-state index contributed by atoms with van der Waals surface area (Å²) in [6.07, 6.45) is 0. The van der Waals surface area contributed by atoms with Crippen LogP contribution in [0.25, 0.3) is 22.2 Å². The Kier molecular flexibility index (Phi) is 4.78. The number of para-hydroxylation sites is 1. The minimum absolute atomic E-state index is 0.272. The summed E-state index contributed by atoms with van der Waals surface area (Å²) in [6, 6.07) is 14.5. The third-order valence-corrected chi connectivity index (χ3v) is 5.42. The number of rotatable bonds is 3. The van der Waals surface area contributed by atoms with Gasteiger partial charge in [-0.1, -0.05) is 58.8 Å². The number of aromatic nitrogens is 3. The predicted molar refractivity (Wildman–Crippen MR) is 110 cm³/mol. The molecule has 0 spiro atoms. The molecule has 0 radical (unpaired) electrons. The summed E-state index contributed by atoms with van der Waals surface area (Å²) in [7, 11) is 0. The lowest BCUT2D eigenvalue weighted by Crippen LogP contribution is -2.13. The Morgan fingerprint density at radius 1 is 1.04 bits per heavy atom. The lowest BCUT2D eigenvalue weighted by atomic mass is 10.0. The van der Waals surface area contributed by atoms with Crippen molar-refractivity contribution in [3.05, 3.63) is 69.1 Å². The van der Waals surface area contributed by atoms with Crippen LogP contribution in [0.15, 0.2) is 48.5 Å². The Bertz CT molecular complexity index is 1180. The second-order valence-electron chi connectivity index (χ2n) is 5.78. The molecule has 0 aliphatic heterocycles. The number of halogens is 2. The van der Waals surface area contributed by atoms with E-state index in [4.69, 9.17) is 23.2 Å². The van der Waals surface area contributed by atoms with Crippen LogP contribution in [0, 0.1) is 6.92 Å². The molecular weight excluding hydrogens is 403 g/mol. The van der Waals surface area contributed by atoms with Crippen LogP contribution in [0.3, 0.4) is 0 Å². The zero-order valence-electron chi connectivity index (χ0n) is 14.0. The van der Waals surface area contributed by atoms with Gasteiger partial charge in [-0.3, -0.25) is 10.1 Å². The van der Waals surface area contributed by atoms with Crippen LogP contribution < -0.4 is 5.32 Å². The van der Waals surface area contributed by atoms with Gasteiger partial charge in [0.15, 0.2) is 0 Å². The number of pyridine rings is 1. The highest BCUT2D eigenvalue weighted by atomic mass is 35.5. The van der Waals surface area contributed by atoms with E-state index in [0.29, 0.717) is 32.0 Å². The molecular formula is C19H12Cl2N4OS. The standard InChI is InChI=1S/C19H12Cl2N4OS/c1-10-24-25-19(27-10)23-18(26)13-9-17(11-6-7-14(20)15(21)8-11)22-16-5-3-2-4-12(13)16/h2-9H,1H3,(H,23,25,26). The van der Waals surface area contributed by atoms with Crippen LogP contribution in [0.4, 0.5) is 5.13 Å². The monoisotopic (exact) mass is 414 g/mol. The van der Waals surface area contributed by atoms with Crippen LogP contribution in [-0.2, 0) is 0 Å². The summed E-state index contributed by atoms with van der Waals surface area (Å²) in [6.45, 7) is 1.83. The minimum atomic E-state index is -0.272. The molecule has 27 heavy (non-hydrogen) atoms. The van der Waals surface area contributed by atoms with Crippen LogP contribution in [0.5, 0.6) is 0 Å². The van der Waals surface area contributed by atoms with E-state index in [2.05, 4.69) is 20.5 Å². The first-order chi connectivity index (χ1) is 13.0. The van der Waals surface area contributed by atoms with E-state index in [1.54, 1.807) is 18.2 Å². The first-order valence-electron chi connectivity index (χ1n) is 7.98. The van der Waals surface area contributed by atoms with Crippen molar-refractivity contribution in [2.24, 2.45) is 0 Å². The topological polar surface area (TPSA) is 67.8 Å². The van der Waals surface area contributed by atoms with Gasteiger partial charge in [-0.2, -0.15) is 0 Å². The van der Waals surface area contributed by atoms with E-state index in [0.717, 1.165) is 16.0 Å². The van der Waals surface area contributed by atoms with Gasteiger partial charge in [0.25, 0.3) is 5.91 Å². The molecule has 1 amide bonds. The van der Waals surface area contributed by atoms with E-state index < -0.39 is 0 Å². The van der Waals surface area contributed by atoms with Gasteiger partial charge in [0, 0.05) is 10.9 Å². The van der Waals surface area contributed by atoms with E-state index in [1.807, 2.05) is 37.3 Å². The Hall–Kier alpha value is -2.54. The number of anilines is 1. The molecule has 2 heterocycles. The zero-order valence-corrected chi connectivity index (χ0v) is 16.4. The van der Waals surface area contributed by atoms with Crippen molar-refractivity contribution in [3.63, 3.8) is 0 Å². The van der Waals surface area contributed by atoms with Crippen molar-refractivity contribution in [1.82, 2.24) is 15.2 Å². The maximum atomic E-state index is 12.9. The molecule has 0 saturated carbocycles. The third-order valence-electron chi connectivity index (χ3n) is 3.92. The molecule has 2 aromatic carbocycles. The van der Waals surface area contributed by atoms with Crippen molar-refractivity contribution >= 4 is 56.5 Å². The van der Waals surface area contributed by atoms with Crippen molar-refractivity contribution in [2.75, 3.05) is 5.32 Å². The number of fused-ring (bicyclic) bond motifs is 1. The van der Waals surface area contributed by atoms with Gasteiger partial charge in [0.2, 0.25) is 5.13 Å². The Labute approximate surface area is 169 Å². The molecule has 8 heteroatoms. The van der Waals surface area contributed by atoms with Gasteiger partial charge in [0.1, 0.15) is 5.01 Å². The fourth-order valence-electron chi connectivity index (χ4n) is 2.68. The van der Waals surface area contributed by atoms with Crippen LogP contribution >= 0.6 is 34.5 Å². The molecule has 0 fully saturated rings. The molecule has 0 unspecified atom stereocenters. The van der Waals surface area contributed by atoms with Gasteiger partial charge in [-0.15, -0.1) is 10.2 Å². The minimum Gasteiger partial charge on any atom is -0.296 e. The van der Waals surface area contributed by atoms with E-state index in [9.17, 15) is 4.79 Å². The fraction of sp³-hybridized carbons (Fsp3) is 0.0526. The molecule has 4 aromatic rings. The van der Waals surface area contributed by atoms with Gasteiger partial charge < -0.3 is 0 Å². The van der Waals surface area contributed by atoms with E-state index in [-0.39, 0.29) is 5.91 Å². The van der Waals surface area contributed by atoms with Crippen molar-refractivity contribution in [3.8, 4) is 11.3 Å². The summed E-state index contributed by atoms with van der Waals surface area (Å²) >= 11 is 13.5. The first-order valence-corrected chi connectivity index (χ1v) is 9.55. The van der Waals surface area contributed by atoms with Crippen LogP contribution in [0.1, 0.15) is 15.4 Å². The molecule has 134 valence electrons. The van der Waals surface area contributed by atoms with Gasteiger partial charge >= 0.3 is 0 Å². The maximum Gasteiger partial charge on any atom is 0.258 e. The lowest BCUT2D eigenvalue weighted by molar-refractivity contribution is 0.102. The third kappa shape index (κ3) is 3.64. The molecule has 1 N–H and O–H groups in total. The highest BCUT2D eigenvalue weighted by Gasteiger charge is 2.16. The second-order valence-corrected chi connectivity index (χ2v) is 7.78. The maximum absolute atomic E-state index is 12.9. The summed E-state index contributed by atoms with van der Waals surface area (Å²) < 4.78 is 0. The Balaban J connectivity index is 1.83. The van der Waals surface area contributed by atoms with Gasteiger partial charge in [0.05, 0.1) is 26.8 Å². The average Bonchev–Trinajstić information content (AvgIpc) is 3.07. The average molecular weight is 415 g/mol. The Morgan fingerprint density at radius 3 is 2.59 bits per heavy atom. The molecule has 0 bridgehead atoms. The first kappa shape index (κ1) is 17.9. The number of aryl methyl sites for hydroxylation is 1. The summed E-state index contributed by atoms with van der Waals surface area (Å²) in [5, 5.41) is 13.6. The number of nitrogens with one attached hydrogen (secondary N) is 1.